The second-order valence-electron chi connectivity index (χ2n) is 7.55. The van der Waals surface area contributed by atoms with Gasteiger partial charge in [0, 0.05) is 32.6 Å². The molecule has 0 atom stereocenters. The van der Waals surface area contributed by atoms with E-state index < -0.39 is 10.0 Å². The molecule has 24 heavy (non-hydrogen) atoms. The van der Waals surface area contributed by atoms with Crippen LogP contribution in [0.15, 0.2) is 12.1 Å². The summed E-state index contributed by atoms with van der Waals surface area (Å²) in [5, 5.41) is 8.64. The summed E-state index contributed by atoms with van der Waals surface area (Å²) in [6, 6.07) is 4.20. The molecule has 0 aromatic carbocycles. The van der Waals surface area contributed by atoms with Crippen molar-refractivity contribution in [1.29, 1.82) is 0 Å². The predicted molar refractivity (Wildman–Crippen MR) is 93.5 cm³/mol. The highest BCUT2D eigenvalue weighted by molar-refractivity contribution is 7.90. The van der Waals surface area contributed by atoms with Crippen molar-refractivity contribution >= 4 is 15.8 Å². The lowest BCUT2D eigenvalue weighted by Crippen LogP contribution is -2.40. The molecule has 1 aliphatic heterocycles. The zero-order valence-electron chi connectivity index (χ0n) is 14.3. The van der Waals surface area contributed by atoms with Crippen LogP contribution < -0.4 is 4.90 Å². The van der Waals surface area contributed by atoms with Gasteiger partial charge in [-0.15, -0.1) is 5.10 Å². The van der Waals surface area contributed by atoms with Crippen LogP contribution >= 0.6 is 0 Å². The maximum atomic E-state index is 12.2. The van der Waals surface area contributed by atoms with Gasteiger partial charge in [0.1, 0.15) is 0 Å². The van der Waals surface area contributed by atoms with Gasteiger partial charge in [0.25, 0.3) is 0 Å². The zero-order valence-corrected chi connectivity index (χ0v) is 15.1. The molecule has 0 spiro atoms. The fourth-order valence-electron chi connectivity index (χ4n) is 3.53. The lowest BCUT2D eigenvalue weighted by Gasteiger charge is -2.34. The summed E-state index contributed by atoms with van der Waals surface area (Å²) in [4.78, 5) is 2.27. The first-order valence-corrected chi connectivity index (χ1v) is 10.6. The van der Waals surface area contributed by atoms with Gasteiger partial charge in [-0.3, -0.25) is 0 Å². The number of hydrogen-bond acceptors (Lipinski definition) is 5. The van der Waals surface area contributed by atoms with Crippen molar-refractivity contribution < 1.29 is 8.42 Å². The molecule has 7 heteroatoms. The summed E-state index contributed by atoms with van der Waals surface area (Å²) in [6.07, 6.45) is 6.18. The third-order valence-electron chi connectivity index (χ3n) is 5.50. The number of rotatable bonds is 6. The Morgan fingerprint density at radius 1 is 1.08 bits per heavy atom. The van der Waals surface area contributed by atoms with Crippen LogP contribution in [0.25, 0.3) is 0 Å². The fraction of sp³-hybridized carbons (Fsp3) is 0.765. The Kier molecular flexibility index (Phi) is 4.24. The van der Waals surface area contributed by atoms with Crippen molar-refractivity contribution in [1.82, 2.24) is 14.5 Å². The van der Waals surface area contributed by atoms with E-state index in [1.54, 1.807) is 11.4 Å². The normalized spacial score (nSPS) is 23.0. The van der Waals surface area contributed by atoms with E-state index in [1.807, 2.05) is 0 Å². The molecule has 0 N–H and O–H groups in total. The minimum absolute atomic E-state index is 0.108. The molecule has 0 radical (unpaired) electrons. The maximum absolute atomic E-state index is 12.2. The third-order valence-corrected chi connectivity index (χ3v) is 7.83. The van der Waals surface area contributed by atoms with Crippen molar-refractivity contribution in [3.8, 4) is 0 Å². The van der Waals surface area contributed by atoms with Crippen LogP contribution in [-0.4, -0.2) is 54.9 Å². The van der Waals surface area contributed by atoms with Crippen LogP contribution in [0.1, 0.15) is 50.1 Å². The molecule has 0 unspecified atom stereocenters. The van der Waals surface area contributed by atoms with Crippen molar-refractivity contribution in [3.63, 3.8) is 0 Å². The van der Waals surface area contributed by atoms with Gasteiger partial charge >= 0.3 is 0 Å². The molecule has 3 aliphatic rings. The van der Waals surface area contributed by atoms with E-state index >= 15 is 0 Å². The van der Waals surface area contributed by atoms with Gasteiger partial charge in [0.2, 0.25) is 10.0 Å². The second kappa shape index (κ2) is 6.26. The van der Waals surface area contributed by atoms with Gasteiger partial charge in [-0.05, 0) is 56.6 Å². The molecular formula is C17H26N4O2S. The molecule has 2 aliphatic carbocycles. The Balaban J connectivity index is 1.29. The lowest BCUT2D eigenvalue weighted by molar-refractivity contribution is 0.327. The van der Waals surface area contributed by atoms with E-state index in [1.165, 1.54) is 12.8 Å². The molecule has 1 aromatic heterocycles. The summed E-state index contributed by atoms with van der Waals surface area (Å²) < 4.78 is 26.1. The average molecular weight is 350 g/mol. The predicted octanol–water partition coefficient (Wildman–Crippen LogP) is 1.99. The maximum Gasteiger partial charge on any atom is 0.216 e. The van der Waals surface area contributed by atoms with E-state index in [-0.39, 0.29) is 5.25 Å². The molecule has 4 rings (SSSR count). The molecular weight excluding hydrogens is 324 g/mol. The largest absolute Gasteiger partial charge is 0.355 e. The highest BCUT2D eigenvalue weighted by Crippen LogP contribution is 2.39. The van der Waals surface area contributed by atoms with E-state index in [0.717, 1.165) is 50.3 Å². The standard InChI is InChI=1S/C17H26N4O2S/c1-20(24(22,23)15-4-5-15)12-13-8-10-21(11-9-13)17-7-6-16(18-19-17)14-2-3-14/h6-7,13-15H,2-5,8-12H2,1H3. The van der Waals surface area contributed by atoms with Crippen molar-refractivity contribution in [3.05, 3.63) is 17.8 Å². The smallest absolute Gasteiger partial charge is 0.216 e. The zero-order chi connectivity index (χ0) is 16.7. The summed E-state index contributed by atoms with van der Waals surface area (Å²) in [6.45, 7) is 2.51. The molecule has 3 fully saturated rings. The molecule has 1 saturated heterocycles. The summed E-state index contributed by atoms with van der Waals surface area (Å²) in [7, 11) is -1.30. The van der Waals surface area contributed by atoms with Gasteiger partial charge in [0.05, 0.1) is 10.9 Å². The van der Waals surface area contributed by atoms with Gasteiger partial charge < -0.3 is 4.90 Å². The third kappa shape index (κ3) is 3.42. The number of nitrogens with zero attached hydrogens (tertiary/aromatic N) is 4. The number of sulfonamides is 1. The van der Waals surface area contributed by atoms with Gasteiger partial charge in [-0.2, -0.15) is 5.10 Å². The number of hydrogen-bond donors (Lipinski definition) is 0. The lowest BCUT2D eigenvalue weighted by atomic mass is 9.97. The Bertz CT molecular complexity index is 675. The molecule has 1 aromatic rings. The van der Waals surface area contributed by atoms with Crippen LogP contribution in [-0.2, 0) is 10.0 Å². The van der Waals surface area contributed by atoms with Crippen molar-refractivity contribution in [2.45, 2.75) is 49.7 Å². The molecule has 2 saturated carbocycles. The Labute approximate surface area is 144 Å². The van der Waals surface area contributed by atoms with Crippen molar-refractivity contribution in [2.75, 3.05) is 31.6 Å². The topological polar surface area (TPSA) is 66.4 Å². The van der Waals surface area contributed by atoms with Crippen LogP contribution in [0, 0.1) is 5.92 Å². The quantitative estimate of drug-likeness (QED) is 0.785. The van der Waals surface area contributed by atoms with E-state index in [9.17, 15) is 8.42 Å². The first-order chi connectivity index (χ1) is 11.5. The molecule has 6 nitrogen and oxygen atoms in total. The average Bonchev–Trinajstić information content (AvgIpc) is 3.48. The SMILES string of the molecule is CN(CC1CCN(c2ccc(C3CC3)nn2)CC1)S(=O)(=O)C1CC1. The van der Waals surface area contributed by atoms with E-state index in [2.05, 4.69) is 27.2 Å². The van der Waals surface area contributed by atoms with Crippen LogP contribution in [0.3, 0.4) is 0 Å². The minimum atomic E-state index is -3.04. The molecule has 132 valence electrons. The van der Waals surface area contributed by atoms with Gasteiger partial charge in [-0.25, -0.2) is 12.7 Å². The van der Waals surface area contributed by atoms with Gasteiger partial charge in [0.15, 0.2) is 5.82 Å². The second-order valence-corrected chi connectivity index (χ2v) is 9.87. The Morgan fingerprint density at radius 3 is 2.33 bits per heavy atom. The van der Waals surface area contributed by atoms with Crippen LogP contribution in [0.2, 0.25) is 0 Å². The fourth-order valence-corrected chi connectivity index (χ4v) is 5.19. The number of piperidine rings is 1. The highest BCUT2D eigenvalue weighted by Gasteiger charge is 2.39. The van der Waals surface area contributed by atoms with Crippen LogP contribution in [0.5, 0.6) is 0 Å². The van der Waals surface area contributed by atoms with Gasteiger partial charge in [-0.1, -0.05) is 0 Å². The highest BCUT2D eigenvalue weighted by atomic mass is 32.2. The monoisotopic (exact) mass is 350 g/mol. The summed E-state index contributed by atoms with van der Waals surface area (Å²) >= 11 is 0. The van der Waals surface area contributed by atoms with Crippen LogP contribution in [0.4, 0.5) is 5.82 Å². The number of aromatic nitrogens is 2. The summed E-state index contributed by atoms with van der Waals surface area (Å²) in [5.74, 6) is 2.04. The van der Waals surface area contributed by atoms with E-state index in [0.29, 0.717) is 18.4 Å². The van der Waals surface area contributed by atoms with E-state index in [4.69, 9.17) is 0 Å². The Hall–Kier alpha value is -1.21. The van der Waals surface area contributed by atoms with Crippen molar-refractivity contribution in [2.24, 2.45) is 5.92 Å². The number of anilines is 1. The molecule has 0 amide bonds. The molecule has 0 bridgehead atoms. The summed E-state index contributed by atoms with van der Waals surface area (Å²) in [5.41, 5.74) is 1.13. The minimum Gasteiger partial charge on any atom is -0.355 e. The Morgan fingerprint density at radius 2 is 1.79 bits per heavy atom. The molecule has 2 heterocycles. The first-order valence-electron chi connectivity index (χ1n) is 9.08. The first kappa shape index (κ1) is 16.3.